The van der Waals surface area contributed by atoms with Crippen LogP contribution in [0.3, 0.4) is 0 Å². The van der Waals surface area contributed by atoms with Crippen LogP contribution in [0.5, 0.6) is 0 Å². The van der Waals surface area contributed by atoms with Crippen molar-refractivity contribution in [1.82, 2.24) is 4.90 Å². The number of nitrogens with zero attached hydrogens (tertiary/aromatic N) is 1. The van der Waals surface area contributed by atoms with Gasteiger partial charge in [0, 0.05) is 0 Å². The highest BCUT2D eigenvalue weighted by atomic mass is 15.0. The Morgan fingerprint density at radius 1 is 1.00 bits per heavy atom. The van der Waals surface area contributed by atoms with Crippen LogP contribution in [-0.4, -0.2) is 25.5 Å². The third-order valence-corrected chi connectivity index (χ3v) is 0.959. The Labute approximate surface area is 66.4 Å². The van der Waals surface area contributed by atoms with Crippen molar-refractivity contribution in [1.29, 1.82) is 0 Å². The highest BCUT2D eigenvalue weighted by Gasteiger charge is 1.83. The number of hydrogen-bond donors (Lipinski definition) is 0. The SMILES string of the molecule is CCC.CCCCN(C)C. The molecule has 0 amide bonds. The molecule has 0 spiro atoms. The van der Waals surface area contributed by atoms with E-state index in [0.29, 0.717) is 0 Å². The molecule has 1 nitrogen and oxygen atoms in total. The van der Waals surface area contributed by atoms with Gasteiger partial charge in [-0.05, 0) is 27.1 Å². The van der Waals surface area contributed by atoms with Gasteiger partial charge < -0.3 is 4.90 Å². The van der Waals surface area contributed by atoms with Crippen molar-refractivity contribution in [3.05, 3.63) is 0 Å². The fourth-order valence-corrected chi connectivity index (χ4v) is 0.474. The Morgan fingerprint density at radius 3 is 1.50 bits per heavy atom. The summed E-state index contributed by atoms with van der Waals surface area (Å²) in [5, 5.41) is 0. The first-order valence-electron chi connectivity index (χ1n) is 4.33. The second-order valence-electron chi connectivity index (χ2n) is 2.86. The van der Waals surface area contributed by atoms with Gasteiger partial charge in [-0.3, -0.25) is 0 Å². The fraction of sp³-hybridized carbons (Fsp3) is 1.00. The Hall–Kier alpha value is -0.0400. The second-order valence-corrected chi connectivity index (χ2v) is 2.86. The summed E-state index contributed by atoms with van der Waals surface area (Å²) < 4.78 is 0. The van der Waals surface area contributed by atoms with Crippen molar-refractivity contribution in [2.75, 3.05) is 20.6 Å². The molecule has 0 radical (unpaired) electrons. The first-order chi connectivity index (χ1) is 4.68. The van der Waals surface area contributed by atoms with E-state index in [1.807, 2.05) is 0 Å². The van der Waals surface area contributed by atoms with Crippen molar-refractivity contribution in [3.63, 3.8) is 0 Å². The van der Waals surface area contributed by atoms with Gasteiger partial charge in [0.1, 0.15) is 0 Å². The predicted molar refractivity (Wildman–Crippen MR) is 49.4 cm³/mol. The summed E-state index contributed by atoms with van der Waals surface area (Å²) in [5.74, 6) is 0. The zero-order valence-electron chi connectivity index (χ0n) is 8.28. The maximum absolute atomic E-state index is 2.21. The molecule has 0 aromatic carbocycles. The van der Waals surface area contributed by atoms with Crippen molar-refractivity contribution in [2.24, 2.45) is 0 Å². The smallest absolute Gasteiger partial charge is 0.00249 e. The lowest BCUT2D eigenvalue weighted by molar-refractivity contribution is 0.398. The van der Waals surface area contributed by atoms with E-state index in [2.05, 4.69) is 39.8 Å². The molecule has 0 atom stereocenters. The van der Waals surface area contributed by atoms with Crippen LogP contribution in [0.25, 0.3) is 0 Å². The topological polar surface area (TPSA) is 3.24 Å². The Bertz CT molecular complexity index is 42.0. The fourth-order valence-electron chi connectivity index (χ4n) is 0.474. The van der Waals surface area contributed by atoms with Crippen molar-refractivity contribution in [2.45, 2.75) is 40.0 Å². The Balaban J connectivity index is 0. The molecular formula is C9H23N. The van der Waals surface area contributed by atoms with Crippen LogP contribution >= 0.6 is 0 Å². The maximum Gasteiger partial charge on any atom is -0.00249 e. The third-order valence-electron chi connectivity index (χ3n) is 0.959. The van der Waals surface area contributed by atoms with E-state index in [4.69, 9.17) is 0 Å². The van der Waals surface area contributed by atoms with Crippen molar-refractivity contribution >= 4 is 0 Å². The van der Waals surface area contributed by atoms with Crippen molar-refractivity contribution < 1.29 is 0 Å². The Kier molecular flexibility index (Phi) is 14.8. The first-order valence-corrected chi connectivity index (χ1v) is 4.33. The number of unbranched alkanes of at least 4 members (excludes halogenated alkanes) is 1. The van der Waals surface area contributed by atoms with E-state index in [-0.39, 0.29) is 0 Å². The highest BCUT2D eigenvalue weighted by molar-refractivity contribution is 4.39. The largest absolute Gasteiger partial charge is 0.309 e. The van der Waals surface area contributed by atoms with Gasteiger partial charge >= 0.3 is 0 Å². The zero-order chi connectivity index (χ0) is 8.41. The van der Waals surface area contributed by atoms with Gasteiger partial charge in [-0.25, -0.2) is 0 Å². The molecule has 0 N–H and O–H groups in total. The molecule has 0 heterocycles. The van der Waals surface area contributed by atoms with E-state index in [1.54, 1.807) is 0 Å². The van der Waals surface area contributed by atoms with Gasteiger partial charge in [0.05, 0.1) is 0 Å². The molecule has 0 saturated heterocycles. The zero-order valence-corrected chi connectivity index (χ0v) is 8.28. The van der Waals surface area contributed by atoms with Crippen LogP contribution in [0.1, 0.15) is 40.0 Å². The monoisotopic (exact) mass is 145 g/mol. The van der Waals surface area contributed by atoms with E-state index in [0.717, 1.165) is 0 Å². The van der Waals surface area contributed by atoms with E-state index >= 15 is 0 Å². The summed E-state index contributed by atoms with van der Waals surface area (Å²) in [6.07, 6.45) is 3.88. The quantitative estimate of drug-likeness (QED) is 0.590. The van der Waals surface area contributed by atoms with Gasteiger partial charge in [0.2, 0.25) is 0 Å². The Morgan fingerprint density at radius 2 is 1.40 bits per heavy atom. The molecule has 0 rings (SSSR count). The molecule has 1 heteroatoms. The molecule has 0 aliphatic carbocycles. The average molecular weight is 145 g/mol. The lowest BCUT2D eigenvalue weighted by Crippen LogP contribution is -2.12. The number of rotatable bonds is 3. The minimum Gasteiger partial charge on any atom is -0.309 e. The molecule has 0 aliphatic heterocycles. The molecule has 64 valence electrons. The first kappa shape index (κ1) is 12.6. The maximum atomic E-state index is 2.21. The van der Waals surface area contributed by atoms with Crippen LogP contribution in [-0.2, 0) is 0 Å². The van der Waals surface area contributed by atoms with Crippen LogP contribution in [0.4, 0.5) is 0 Å². The minimum atomic E-state index is 1.23. The van der Waals surface area contributed by atoms with Gasteiger partial charge in [-0.1, -0.05) is 33.6 Å². The summed E-state index contributed by atoms with van der Waals surface area (Å²) >= 11 is 0. The van der Waals surface area contributed by atoms with Crippen LogP contribution < -0.4 is 0 Å². The van der Waals surface area contributed by atoms with Crippen LogP contribution in [0.2, 0.25) is 0 Å². The minimum absolute atomic E-state index is 1.23. The molecule has 0 fully saturated rings. The van der Waals surface area contributed by atoms with Gasteiger partial charge in [-0.15, -0.1) is 0 Å². The molecular weight excluding hydrogens is 122 g/mol. The molecule has 0 aliphatic rings. The summed E-state index contributed by atoms with van der Waals surface area (Å²) in [5.41, 5.74) is 0. The predicted octanol–water partition coefficient (Wildman–Crippen LogP) is 2.76. The lowest BCUT2D eigenvalue weighted by Gasteiger charge is -2.05. The lowest BCUT2D eigenvalue weighted by atomic mass is 10.3. The van der Waals surface area contributed by atoms with E-state index < -0.39 is 0 Å². The average Bonchev–Trinajstić information content (AvgIpc) is 1.85. The van der Waals surface area contributed by atoms with Gasteiger partial charge in [0.25, 0.3) is 0 Å². The van der Waals surface area contributed by atoms with Crippen LogP contribution in [0, 0.1) is 0 Å². The van der Waals surface area contributed by atoms with Gasteiger partial charge in [0.15, 0.2) is 0 Å². The normalized spacial score (nSPS) is 9.00. The second kappa shape index (κ2) is 11.7. The molecule has 0 bridgehead atoms. The standard InChI is InChI=1S/C6H15N.C3H8/c1-4-5-6-7(2)3;1-3-2/h4-6H2,1-3H3;3H2,1-2H3. The molecule has 0 aromatic heterocycles. The third kappa shape index (κ3) is 24.6. The molecule has 10 heavy (non-hydrogen) atoms. The molecule has 0 saturated carbocycles. The van der Waals surface area contributed by atoms with E-state index in [1.165, 1.54) is 25.8 Å². The van der Waals surface area contributed by atoms with Gasteiger partial charge in [-0.2, -0.15) is 0 Å². The summed E-state index contributed by atoms with van der Waals surface area (Å²) in [6.45, 7) is 7.69. The van der Waals surface area contributed by atoms with E-state index in [9.17, 15) is 0 Å². The van der Waals surface area contributed by atoms with Crippen molar-refractivity contribution in [3.8, 4) is 0 Å². The molecule has 0 aromatic rings. The number of hydrogen-bond acceptors (Lipinski definition) is 1. The summed E-state index contributed by atoms with van der Waals surface area (Å²) in [4.78, 5) is 2.21. The molecule has 0 unspecified atom stereocenters. The summed E-state index contributed by atoms with van der Waals surface area (Å²) in [7, 11) is 4.21. The highest BCUT2D eigenvalue weighted by Crippen LogP contribution is 1.86. The summed E-state index contributed by atoms with van der Waals surface area (Å²) in [6, 6.07) is 0. The van der Waals surface area contributed by atoms with Crippen LogP contribution in [0.15, 0.2) is 0 Å².